The van der Waals surface area contributed by atoms with E-state index in [1.807, 2.05) is 30.9 Å². The van der Waals surface area contributed by atoms with Gasteiger partial charge in [-0.1, -0.05) is 6.07 Å². The maximum absolute atomic E-state index is 12.9. The lowest BCUT2D eigenvalue weighted by Gasteiger charge is -2.38. The van der Waals surface area contributed by atoms with Crippen LogP contribution in [0.1, 0.15) is 33.4 Å². The number of carbonyl (C=O) groups is 1. The van der Waals surface area contributed by atoms with E-state index in [-0.39, 0.29) is 6.03 Å². The van der Waals surface area contributed by atoms with Crippen LogP contribution in [0, 0.1) is 41.5 Å². The van der Waals surface area contributed by atoms with Crippen LogP contribution in [0.3, 0.4) is 0 Å². The van der Waals surface area contributed by atoms with Crippen molar-refractivity contribution in [3.8, 4) is 5.75 Å². The normalized spacial score (nSPS) is 14.2. The predicted molar refractivity (Wildman–Crippen MR) is 121 cm³/mol. The quantitative estimate of drug-likeness (QED) is 0.804. The zero-order chi connectivity index (χ0) is 21.3. The lowest BCUT2D eigenvalue weighted by atomic mass is 9.97. The van der Waals surface area contributed by atoms with Crippen LogP contribution >= 0.6 is 0 Å². The number of benzene rings is 2. The van der Waals surface area contributed by atoms with Crippen molar-refractivity contribution in [3.63, 3.8) is 0 Å². The minimum absolute atomic E-state index is 0.0694. The Morgan fingerprint density at radius 2 is 1.38 bits per heavy atom. The molecule has 2 aromatic rings. The zero-order valence-electron chi connectivity index (χ0n) is 18.8. The molecule has 2 amide bonds. The molecule has 1 aliphatic heterocycles. The number of carbonyl (C=O) groups excluding carboxylic acids is 1. The van der Waals surface area contributed by atoms with Crippen molar-refractivity contribution in [1.82, 2.24) is 4.90 Å². The Bertz CT molecular complexity index is 902. The highest BCUT2D eigenvalue weighted by molar-refractivity contribution is 5.91. The lowest BCUT2D eigenvalue weighted by Crippen LogP contribution is -2.50. The average molecular weight is 396 g/mol. The molecule has 29 heavy (non-hydrogen) atoms. The highest BCUT2D eigenvalue weighted by atomic mass is 16.5. The molecular formula is C24H33N3O2. The van der Waals surface area contributed by atoms with Gasteiger partial charge in [0.05, 0.1) is 12.8 Å². The van der Waals surface area contributed by atoms with Gasteiger partial charge in [0.15, 0.2) is 0 Å². The number of hydrogen-bond donors (Lipinski definition) is 1. The molecule has 0 atom stereocenters. The van der Waals surface area contributed by atoms with Crippen LogP contribution < -0.4 is 15.0 Å². The number of hydrogen-bond acceptors (Lipinski definition) is 3. The van der Waals surface area contributed by atoms with E-state index in [1.54, 1.807) is 7.11 Å². The predicted octanol–water partition coefficient (Wildman–Crippen LogP) is 4.90. The molecule has 1 saturated heterocycles. The van der Waals surface area contributed by atoms with Crippen molar-refractivity contribution in [1.29, 1.82) is 0 Å². The number of amides is 2. The minimum atomic E-state index is -0.0694. The molecule has 1 heterocycles. The van der Waals surface area contributed by atoms with Crippen LogP contribution in [-0.4, -0.2) is 44.2 Å². The van der Waals surface area contributed by atoms with Crippen molar-refractivity contribution in [2.75, 3.05) is 43.5 Å². The topological polar surface area (TPSA) is 44.8 Å². The van der Waals surface area contributed by atoms with Crippen LogP contribution in [0.15, 0.2) is 18.2 Å². The van der Waals surface area contributed by atoms with Gasteiger partial charge in [0.2, 0.25) is 0 Å². The molecule has 0 saturated carbocycles. The summed E-state index contributed by atoms with van der Waals surface area (Å²) in [6, 6.07) is 6.13. The van der Waals surface area contributed by atoms with Gasteiger partial charge in [0.1, 0.15) is 5.75 Å². The van der Waals surface area contributed by atoms with Crippen molar-refractivity contribution >= 4 is 17.4 Å². The smallest absolute Gasteiger partial charge is 0.322 e. The van der Waals surface area contributed by atoms with Gasteiger partial charge >= 0.3 is 6.03 Å². The number of anilines is 2. The molecule has 0 spiro atoms. The summed E-state index contributed by atoms with van der Waals surface area (Å²) in [5.41, 5.74) is 9.66. The van der Waals surface area contributed by atoms with Crippen molar-refractivity contribution < 1.29 is 9.53 Å². The second kappa shape index (κ2) is 8.36. The first kappa shape index (κ1) is 21.0. The number of urea groups is 1. The Morgan fingerprint density at radius 3 is 1.93 bits per heavy atom. The third kappa shape index (κ3) is 4.19. The molecule has 1 aliphatic rings. The van der Waals surface area contributed by atoms with Gasteiger partial charge < -0.3 is 19.9 Å². The summed E-state index contributed by atoms with van der Waals surface area (Å²) in [4.78, 5) is 17.2. The minimum Gasteiger partial charge on any atom is -0.495 e. The fourth-order valence-corrected chi connectivity index (χ4v) is 4.05. The first-order chi connectivity index (χ1) is 13.7. The molecule has 0 bridgehead atoms. The Morgan fingerprint density at radius 1 is 0.828 bits per heavy atom. The highest BCUT2D eigenvalue weighted by Gasteiger charge is 2.24. The molecular weight excluding hydrogens is 362 g/mol. The fourth-order valence-electron chi connectivity index (χ4n) is 4.05. The largest absolute Gasteiger partial charge is 0.495 e. The molecule has 0 radical (unpaired) electrons. The zero-order valence-corrected chi connectivity index (χ0v) is 18.8. The number of methoxy groups -OCH3 is 1. The third-order valence-corrected chi connectivity index (χ3v) is 6.27. The molecule has 5 nitrogen and oxygen atoms in total. The second-order valence-electron chi connectivity index (χ2n) is 8.15. The Labute approximate surface area is 174 Å². The van der Waals surface area contributed by atoms with E-state index in [4.69, 9.17) is 4.74 Å². The number of ether oxygens (including phenoxy) is 1. The van der Waals surface area contributed by atoms with Crippen LogP contribution in [0.2, 0.25) is 0 Å². The molecule has 2 aromatic carbocycles. The SMILES string of the molecule is COc1cc(C)c(C)cc1NC(=O)N1CCN(c2c(C)c(C)cc(C)c2C)CC1. The molecule has 5 heteroatoms. The van der Waals surface area contributed by atoms with Gasteiger partial charge in [-0.2, -0.15) is 0 Å². The molecule has 3 rings (SSSR count). The summed E-state index contributed by atoms with van der Waals surface area (Å²) >= 11 is 0. The maximum Gasteiger partial charge on any atom is 0.322 e. The van der Waals surface area contributed by atoms with Crippen LogP contribution in [0.4, 0.5) is 16.2 Å². The number of nitrogens with zero attached hydrogens (tertiary/aromatic N) is 2. The van der Waals surface area contributed by atoms with Crippen LogP contribution in [0.5, 0.6) is 5.75 Å². The number of aryl methyl sites for hydroxylation is 4. The van der Waals surface area contributed by atoms with E-state index < -0.39 is 0 Å². The van der Waals surface area contributed by atoms with E-state index in [0.717, 1.165) is 29.9 Å². The monoisotopic (exact) mass is 395 g/mol. The van der Waals surface area contributed by atoms with E-state index in [9.17, 15) is 4.79 Å². The van der Waals surface area contributed by atoms with Gasteiger partial charge in [-0.15, -0.1) is 0 Å². The van der Waals surface area contributed by atoms with Crippen molar-refractivity contribution in [2.24, 2.45) is 0 Å². The highest BCUT2D eigenvalue weighted by Crippen LogP contribution is 2.31. The summed E-state index contributed by atoms with van der Waals surface area (Å²) in [7, 11) is 1.63. The number of rotatable bonds is 3. The number of piperazine rings is 1. The molecule has 156 valence electrons. The summed E-state index contributed by atoms with van der Waals surface area (Å²) < 4.78 is 5.45. The molecule has 1 fully saturated rings. The Hall–Kier alpha value is -2.69. The molecule has 1 N–H and O–H groups in total. The molecule has 0 unspecified atom stereocenters. The Kier molecular flexibility index (Phi) is 6.06. The van der Waals surface area contributed by atoms with Gasteiger partial charge in [-0.25, -0.2) is 4.79 Å². The number of nitrogens with one attached hydrogen (secondary N) is 1. The first-order valence-electron chi connectivity index (χ1n) is 10.3. The standard InChI is InChI=1S/C24H33N3O2/c1-15-13-21(22(29-7)14-16(15)2)25-24(28)27-10-8-26(9-11-27)23-19(5)17(3)12-18(4)20(23)6/h12-14H,8-11H2,1-7H3,(H,25,28). The van der Waals surface area contributed by atoms with E-state index in [0.29, 0.717) is 18.8 Å². The van der Waals surface area contributed by atoms with Crippen molar-refractivity contribution in [2.45, 2.75) is 41.5 Å². The van der Waals surface area contributed by atoms with Gasteiger partial charge in [-0.3, -0.25) is 0 Å². The first-order valence-corrected chi connectivity index (χ1v) is 10.3. The average Bonchev–Trinajstić information content (AvgIpc) is 2.69. The molecule has 0 aromatic heterocycles. The second-order valence-corrected chi connectivity index (χ2v) is 8.15. The van der Waals surface area contributed by atoms with Gasteiger partial charge in [-0.05, 0) is 87.1 Å². The van der Waals surface area contributed by atoms with E-state index in [1.165, 1.54) is 27.9 Å². The van der Waals surface area contributed by atoms with Crippen LogP contribution in [0.25, 0.3) is 0 Å². The summed E-state index contributed by atoms with van der Waals surface area (Å²) in [5.74, 6) is 0.696. The van der Waals surface area contributed by atoms with Gasteiger partial charge in [0.25, 0.3) is 0 Å². The van der Waals surface area contributed by atoms with Crippen LogP contribution in [-0.2, 0) is 0 Å². The lowest BCUT2D eigenvalue weighted by molar-refractivity contribution is 0.208. The fraction of sp³-hybridized carbons (Fsp3) is 0.458. The maximum atomic E-state index is 12.9. The Balaban J connectivity index is 1.71. The van der Waals surface area contributed by atoms with E-state index in [2.05, 4.69) is 44.0 Å². The van der Waals surface area contributed by atoms with E-state index >= 15 is 0 Å². The molecule has 0 aliphatic carbocycles. The van der Waals surface area contributed by atoms with Crippen molar-refractivity contribution in [3.05, 3.63) is 51.6 Å². The summed E-state index contributed by atoms with van der Waals surface area (Å²) in [6.45, 7) is 15.9. The van der Waals surface area contributed by atoms with Gasteiger partial charge in [0, 0.05) is 31.9 Å². The third-order valence-electron chi connectivity index (χ3n) is 6.27. The summed E-state index contributed by atoms with van der Waals surface area (Å²) in [6.07, 6.45) is 0. The summed E-state index contributed by atoms with van der Waals surface area (Å²) in [5, 5.41) is 3.04.